The van der Waals surface area contributed by atoms with Gasteiger partial charge >= 0.3 is 0 Å². The molecule has 36 heavy (non-hydrogen) atoms. The topological polar surface area (TPSA) is 98.1 Å². The summed E-state index contributed by atoms with van der Waals surface area (Å²) in [5, 5.41) is 3.39. The van der Waals surface area contributed by atoms with Crippen molar-refractivity contribution in [3.8, 4) is 0 Å². The number of nitrogens with zero attached hydrogens (tertiary/aromatic N) is 1. The fraction of sp³-hybridized carbons (Fsp3) is 0.222. The van der Waals surface area contributed by atoms with E-state index in [0.717, 1.165) is 11.3 Å². The third-order valence-corrected chi connectivity index (χ3v) is 6.76. The number of rotatable bonds is 2. The van der Waals surface area contributed by atoms with E-state index in [1.807, 2.05) is 6.07 Å². The van der Waals surface area contributed by atoms with Gasteiger partial charge in [0.2, 0.25) is 17.4 Å². The van der Waals surface area contributed by atoms with Gasteiger partial charge in [-0.1, -0.05) is 17.7 Å². The lowest BCUT2D eigenvalue weighted by atomic mass is 9.97. The molecule has 0 aliphatic carbocycles. The number of H-pyrrole nitrogens is 2. The van der Waals surface area contributed by atoms with Gasteiger partial charge in [-0.05, 0) is 66.4 Å². The zero-order valence-corrected chi connectivity index (χ0v) is 20.3. The van der Waals surface area contributed by atoms with Crippen LogP contribution in [0, 0.1) is 5.82 Å². The molecule has 9 heteroatoms. The van der Waals surface area contributed by atoms with E-state index in [0.29, 0.717) is 45.7 Å². The number of aromatic nitrogens is 2. The third-order valence-electron chi connectivity index (χ3n) is 6.51. The average Bonchev–Trinajstić information content (AvgIpc) is 3.17. The Bertz CT molecular complexity index is 1530. The third kappa shape index (κ3) is 4.90. The number of hydrogen-bond donors (Lipinski definition) is 3. The number of anilines is 1. The minimum Gasteiger partial charge on any atom is -0.357 e. The van der Waals surface area contributed by atoms with E-state index in [1.54, 1.807) is 37.4 Å². The molecule has 1 atom stereocenters. The molecule has 0 fully saturated rings. The van der Waals surface area contributed by atoms with Crippen LogP contribution in [0.3, 0.4) is 0 Å². The Labute approximate surface area is 211 Å². The molecule has 2 aromatic carbocycles. The summed E-state index contributed by atoms with van der Waals surface area (Å²) >= 11 is 5.98. The average molecular weight is 507 g/mol. The number of aromatic amines is 2. The maximum Gasteiger partial charge on any atom is 0.249 e. The first-order valence-corrected chi connectivity index (χ1v) is 12.0. The maximum atomic E-state index is 14.5. The van der Waals surface area contributed by atoms with Crippen molar-refractivity contribution < 1.29 is 14.0 Å². The summed E-state index contributed by atoms with van der Waals surface area (Å²) in [6, 6.07) is 13.7. The quantitative estimate of drug-likeness (QED) is 0.387. The number of likely N-dealkylation sites (N-methyl/N-ethyl adjacent to an activating group) is 1. The van der Waals surface area contributed by atoms with E-state index in [9.17, 15) is 18.8 Å². The predicted molar refractivity (Wildman–Crippen MR) is 137 cm³/mol. The van der Waals surface area contributed by atoms with Crippen molar-refractivity contribution >= 4 is 40.1 Å². The molecular formula is C27H24ClFN4O3. The smallest absolute Gasteiger partial charge is 0.249 e. The van der Waals surface area contributed by atoms with Crippen molar-refractivity contribution in [3.63, 3.8) is 0 Å². The van der Waals surface area contributed by atoms with Crippen LogP contribution in [0.25, 0.3) is 11.0 Å². The van der Waals surface area contributed by atoms with E-state index in [-0.39, 0.29) is 30.2 Å². The number of pyridine rings is 1. The Kier molecular flexibility index (Phi) is 6.36. The van der Waals surface area contributed by atoms with Crippen LogP contribution in [0.5, 0.6) is 0 Å². The highest BCUT2D eigenvalue weighted by atomic mass is 35.5. The molecule has 3 heterocycles. The maximum absolute atomic E-state index is 14.5. The summed E-state index contributed by atoms with van der Waals surface area (Å²) in [7, 11) is 1.62. The molecule has 2 bridgehead atoms. The molecule has 4 aromatic rings. The highest BCUT2D eigenvalue weighted by Gasteiger charge is 2.27. The second-order valence-corrected chi connectivity index (χ2v) is 9.47. The number of fused-ring (bicyclic) bond motifs is 5. The van der Waals surface area contributed by atoms with Gasteiger partial charge in [-0.15, -0.1) is 0 Å². The molecule has 0 saturated carbocycles. The van der Waals surface area contributed by atoms with Gasteiger partial charge in [0.05, 0.1) is 17.5 Å². The van der Waals surface area contributed by atoms with E-state index in [1.165, 1.54) is 23.1 Å². The Balaban J connectivity index is 1.54. The molecule has 184 valence electrons. The van der Waals surface area contributed by atoms with Crippen LogP contribution in [-0.4, -0.2) is 34.9 Å². The van der Waals surface area contributed by atoms with Crippen LogP contribution in [0.15, 0.2) is 59.4 Å². The largest absolute Gasteiger partial charge is 0.357 e. The Hall–Kier alpha value is -3.91. The number of carbonyl (C=O) groups excluding carboxylic acids is 2. The molecule has 5 rings (SSSR count). The molecular weight excluding hydrogens is 483 g/mol. The second-order valence-electron chi connectivity index (χ2n) is 9.04. The lowest BCUT2D eigenvalue weighted by molar-refractivity contribution is -0.127. The van der Waals surface area contributed by atoms with Gasteiger partial charge in [0.1, 0.15) is 11.9 Å². The summed E-state index contributed by atoms with van der Waals surface area (Å²) in [4.78, 5) is 46.3. The van der Waals surface area contributed by atoms with Gasteiger partial charge in [-0.2, -0.15) is 0 Å². The minimum atomic E-state index is -0.931. The molecule has 7 nitrogen and oxygen atoms in total. The van der Waals surface area contributed by atoms with Crippen molar-refractivity contribution in [3.05, 3.63) is 98.2 Å². The zero-order valence-electron chi connectivity index (χ0n) is 19.5. The molecule has 2 amide bonds. The number of aryl methyl sites for hydroxylation is 2. The normalized spacial score (nSPS) is 16.0. The number of nitrogens with one attached hydrogen (secondary N) is 3. The van der Waals surface area contributed by atoms with Crippen LogP contribution in [-0.2, 0) is 35.3 Å². The molecule has 2 aromatic heterocycles. The fourth-order valence-corrected chi connectivity index (χ4v) is 4.86. The van der Waals surface area contributed by atoms with E-state index in [2.05, 4.69) is 15.3 Å². The highest BCUT2D eigenvalue weighted by Crippen LogP contribution is 2.24. The van der Waals surface area contributed by atoms with Gasteiger partial charge in [0, 0.05) is 41.5 Å². The first-order valence-electron chi connectivity index (χ1n) is 11.6. The number of amides is 2. The molecule has 0 saturated heterocycles. The Morgan fingerprint density at radius 2 is 1.75 bits per heavy atom. The van der Waals surface area contributed by atoms with Crippen LogP contribution < -0.4 is 15.8 Å². The van der Waals surface area contributed by atoms with Gasteiger partial charge in [0.15, 0.2) is 0 Å². The van der Waals surface area contributed by atoms with Crippen molar-refractivity contribution in [2.45, 2.75) is 31.7 Å². The summed E-state index contributed by atoms with van der Waals surface area (Å²) in [6.45, 7) is 0. The SMILES string of the molecule is CN(C(=O)[C@@H]1Cc2cc(F)cc(c2)CCc2[nH]c3ccc(=O)[nH]c3c2CC(=O)N1)c1ccc(Cl)cc1. The van der Waals surface area contributed by atoms with Gasteiger partial charge in [-0.25, -0.2) is 4.39 Å². The summed E-state index contributed by atoms with van der Waals surface area (Å²) in [5.41, 5.74) is 4.46. The number of carbonyl (C=O) groups is 2. The highest BCUT2D eigenvalue weighted by molar-refractivity contribution is 6.30. The van der Waals surface area contributed by atoms with E-state index >= 15 is 0 Å². The molecule has 0 unspecified atom stereocenters. The standard InChI is InChI=1S/C27H24ClFN4O3/c1-33(19-5-3-17(28)4-6-19)27(36)23-13-16-10-15(11-18(29)12-16)2-7-21-20(14-25(35)31-23)26-22(30-21)8-9-24(34)32-26/h3-6,8-12,23,30H,2,7,13-14H2,1H3,(H,31,35)(H,32,34)/t23-/m0/s1. The van der Waals surface area contributed by atoms with Crippen LogP contribution in [0.1, 0.15) is 22.4 Å². The first kappa shape index (κ1) is 23.8. The van der Waals surface area contributed by atoms with E-state index in [4.69, 9.17) is 11.6 Å². The van der Waals surface area contributed by atoms with Gasteiger partial charge < -0.3 is 20.2 Å². The summed E-state index contributed by atoms with van der Waals surface area (Å²) in [6.07, 6.45) is 1.17. The Morgan fingerprint density at radius 1 is 1.00 bits per heavy atom. The van der Waals surface area contributed by atoms with Crippen LogP contribution in [0.2, 0.25) is 5.02 Å². The Morgan fingerprint density at radius 3 is 2.53 bits per heavy atom. The lowest BCUT2D eigenvalue weighted by Gasteiger charge is -2.25. The van der Waals surface area contributed by atoms with Crippen molar-refractivity contribution in [1.29, 1.82) is 0 Å². The van der Waals surface area contributed by atoms with Crippen molar-refractivity contribution in [1.82, 2.24) is 15.3 Å². The van der Waals surface area contributed by atoms with Crippen molar-refractivity contribution in [2.24, 2.45) is 0 Å². The van der Waals surface area contributed by atoms with Gasteiger partial charge in [-0.3, -0.25) is 14.4 Å². The van der Waals surface area contributed by atoms with E-state index < -0.39 is 11.9 Å². The minimum absolute atomic E-state index is 0.0218. The molecule has 0 spiro atoms. The molecule has 0 radical (unpaired) electrons. The number of benzene rings is 2. The molecule has 3 N–H and O–H groups in total. The summed E-state index contributed by atoms with van der Waals surface area (Å²) < 4.78 is 14.5. The molecule has 1 aliphatic rings. The predicted octanol–water partition coefficient (Wildman–Crippen LogP) is 3.68. The lowest BCUT2D eigenvalue weighted by Crippen LogP contribution is -2.49. The summed E-state index contributed by atoms with van der Waals surface area (Å²) in [5.74, 6) is -1.12. The van der Waals surface area contributed by atoms with Crippen molar-refractivity contribution in [2.75, 3.05) is 11.9 Å². The van der Waals surface area contributed by atoms with Crippen LogP contribution in [0.4, 0.5) is 10.1 Å². The monoisotopic (exact) mass is 506 g/mol. The number of halogens is 2. The van der Waals surface area contributed by atoms with Gasteiger partial charge in [0.25, 0.3) is 0 Å². The zero-order chi connectivity index (χ0) is 25.4. The first-order chi connectivity index (χ1) is 17.3. The second kappa shape index (κ2) is 9.62. The number of hydrogen-bond acceptors (Lipinski definition) is 3. The van der Waals surface area contributed by atoms with Crippen LogP contribution >= 0.6 is 11.6 Å². The molecule has 1 aliphatic heterocycles. The fourth-order valence-electron chi connectivity index (χ4n) is 4.73.